The van der Waals surface area contributed by atoms with Crippen molar-refractivity contribution < 1.29 is 8.42 Å². The Kier molecular flexibility index (Phi) is 3.46. The number of rotatable bonds is 3. The van der Waals surface area contributed by atoms with Crippen molar-refractivity contribution >= 4 is 38.3 Å². The third-order valence-corrected chi connectivity index (χ3v) is 4.87. The van der Waals surface area contributed by atoms with Crippen molar-refractivity contribution in [3.8, 4) is 0 Å². The van der Waals surface area contributed by atoms with Gasteiger partial charge in [-0.3, -0.25) is 4.72 Å². The van der Waals surface area contributed by atoms with Crippen LogP contribution in [0.25, 0.3) is 11.0 Å². The topological polar surface area (TPSA) is 94.8 Å². The number of imidazole rings is 1. The van der Waals surface area contributed by atoms with Crippen molar-refractivity contribution in [3.63, 3.8) is 0 Å². The van der Waals surface area contributed by atoms with Crippen LogP contribution in [0, 0.1) is 6.92 Å². The summed E-state index contributed by atoms with van der Waals surface area (Å²) in [5, 5.41) is 0.193. The summed E-state index contributed by atoms with van der Waals surface area (Å²) in [5.74, 6) is 0. The molecule has 114 valence electrons. The Morgan fingerprint density at radius 3 is 2.27 bits per heavy atom. The van der Waals surface area contributed by atoms with Gasteiger partial charge in [0, 0.05) is 0 Å². The molecule has 0 radical (unpaired) electrons. The number of H-pyrrole nitrogens is 2. The molecule has 1 heterocycles. The van der Waals surface area contributed by atoms with Crippen molar-refractivity contribution in [2.24, 2.45) is 0 Å². The largest absolute Gasteiger partial charge is 0.323 e. The number of anilines is 1. The first-order valence-corrected chi connectivity index (χ1v) is 8.22. The van der Waals surface area contributed by atoms with Crippen LogP contribution in [0.15, 0.2) is 46.1 Å². The lowest BCUT2D eigenvalue weighted by Gasteiger charge is -2.10. The first-order chi connectivity index (χ1) is 10.3. The second kappa shape index (κ2) is 5.19. The minimum absolute atomic E-state index is 0.136. The van der Waals surface area contributed by atoms with Crippen molar-refractivity contribution in [3.05, 3.63) is 57.5 Å². The lowest BCUT2D eigenvalue weighted by molar-refractivity contribution is 0.601. The van der Waals surface area contributed by atoms with Gasteiger partial charge in [-0.05, 0) is 31.2 Å². The van der Waals surface area contributed by atoms with Crippen molar-refractivity contribution in [2.45, 2.75) is 11.8 Å². The molecule has 0 aliphatic carbocycles. The van der Waals surface area contributed by atoms with Gasteiger partial charge in [-0.1, -0.05) is 29.3 Å². The van der Waals surface area contributed by atoms with Gasteiger partial charge in [0.1, 0.15) is 0 Å². The molecule has 0 aliphatic heterocycles. The third-order valence-electron chi connectivity index (χ3n) is 3.18. The Morgan fingerprint density at radius 2 is 1.64 bits per heavy atom. The summed E-state index contributed by atoms with van der Waals surface area (Å²) in [7, 11) is -3.75. The lowest BCUT2D eigenvalue weighted by atomic mass is 10.2. The van der Waals surface area contributed by atoms with E-state index in [0.29, 0.717) is 11.0 Å². The third kappa shape index (κ3) is 2.72. The molecular weight excluding hydrogens is 326 g/mol. The zero-order valence-electron chi connectivity index (χ0n) is 11.5. The van der Waals surface area contributed by atoms with Crippen LogP contribution >= 0.6 is 11.6 Å². The minimum Gasteiger partial charge on any atom is -0.306 e. The predicted molar refractivity (Wildman–Crippen MR) is 85.9 cm³/mol. The van der Waals surface area contributed by atoms with E-state index in [-0.39, 0.29) is 21.3 Å². The van der Waals surface area contributed by atoms with Gasteiger partial charge in [-0.25, -0.2) is 13.2 Å². The number of aryl methyl sites for hydroxylation is 1. The van der Waals surface area contributed by atoms with E-state index in [1.807, 2.05) is 6.92 Å². The summed E-state index contributed by atoms with van der Waals surface area (Å²) >= 11 is 6.07. The van der Waals surface area contributed by atoms with Gasteiger partial charge in [0.2, 0.25) is 0 Å². The van der Waals surface area contributed by atoms with E-state index >= 15 is 0 Å². The van der Waals surface area contributed by atoms with E-state index in [2.05, 4.69) is 14.7 Å². The summed E-state index contributed by atoms with van der Waals surface area (Å²) in [6.45, 7) is 1.87. The number of halogens is 1. The maximum absolute atomic E-state index is 12.4. The highest BCUT2D eigenvalue weighted by molar-refractivity contribution is 7.92. The number of benzene rings is 2. The Balaban J connectivity index is 2.03. The number of hydrogen-bond acceptors (Lipinski definition) is 3. The molecule has 0 saturated carbocycles. The van der Waals surface area contributed by atoms with Crippen LogP contribution in [0.5, 0.6) is 0 Å². The normalized spacial score (nSPS) is 11.7. The molecular formula is C14H12ClN3O3S. The maximum atomic E-state index is 12.4. The fourth-order valence-electron chi connectivity index (χ4n) is 2.06. The van der Waals surface area contributed by atoms with Gasteiger partial charge in [-0.15, -0.1) is 0 Å². The molecule has 1 aromatic heterocycles. The fraction of sp³-hybridized carbons (Fsp3) is 0.0714. The van der Waals surface area contributed by atoms with Crippen LogP contribution in [0.3, 0.4) is 0 Å². The molecule has 22 heavy (non-hydrogen) atoms. The highest BCUT2D eigenvalue weighted by atomic mass is 35.5. The molecule has 0 unspecified atom stereocenters. The Bertz CT molecular complexity index is 1000. The molecule has 2 aromatic carbocycles. The monoisotopic (exact) mass is 337 g/mol. The molecule has 0 fully saturated rings. The van der Waals surface area contributed by atoms with Gasteiger partial charge in [0.15, 0.2) is 0 Å². The molecule has 8 heteroatoms. The molecule has 0 amide bonds. The second-order valence-electron chi connectivity index (χ2n) is 4.88. The van der Waals surface area contributed by atoms with E-state index < -0.39 is 10.0 Å². The molecule has 3 rings (SSSR count). The van der Waals surface area contributed by atoms with Gasteiger partial charge in [-0.2, -0.15) is 0 Å². The average molecular weight is 338 g/mol. The van der Waals surface area contributed by atoms with Gasteiger partial charge in [0.25, 0.3) is 10.0 Å². The number of sulfonamides is 1. The van der Waals surface area contributed by atoms with Crippen molar-refractivity contribution in [2.75, 3.05) is 4.72 Å². The SMILES string of the molecule is Cc1ccc(S(=O)(=O)Nc2cc3[nH]c(=O)[nH]c3cc2Cl)cc1. The van der Waals surface area contributed by atoms with Gasteiger partial charge < -0.3 is 9.97 Å². The molecule has 0 spiro atoms. The first kappa shape index (κ1) is 14.7. The Morgan fingerprint density at radius 1 is 1.05 bits per heavy atom. The van der Waals surface area contributed by atoms with Crippen LogP contribution < -0.4 is 10.4 Å². The average Bonchev–Trinajstić information content (AvgIpc) is 2.78. The predicted octanol–water partition coefficient (Wildman–Crippen LogP) is 2.62. The first-order valence-electron chi connectivity index (χ1n) is 6.36. The molecule has 0 aliphatic rings. The summed E-state index contributed by atoms with van der Waals surface area (Å²) in [5.41, 5.74) is 1.75. The highest BCUT2D eigenvalue weighted by Gasteiger charge is 2.16. The van der Waals surface area contributed by atoms with E-state index in [4.69, 9.17) is 11.6 Å². The standard InChI is InChI=1S/C14H12ClN3O3S/c1-8-2-4-9(5-3-8)22(20,21)18-11-7-13-12(6-10(11)15)16-14(19)17-13/h2-7,18H,1H3,(H2,16,17,19). The summed E-state index contributed by atoms with van der Waals surface area (Å²) in [4.78, 5) is 16.5. The van der Waals surface area contributed by atoms with Crippen LogP contribution in [0.1, 0.15) is 5.56 Å². The van der Waals surface area contributed by atoms with Crippen LogP contribution in [-0.2, 0) is 10.0 Å². The van der Waals surface area contributed by atoms with Crippen LogP contribution in [0.2, 0.25) is 5.02 Å². The van der Waals surface area contributed by atoms with Crippen LogP contribution in [-0.4, -0.2) is 18.4 Å². The molecule has 6 nitrogen and oxygen atoms in total. The number of aromatic nitrogens is 2. The Labute approximate surface area is 131 Å². The zero-order valence-corrected chi connectivity index (χ0v) is 13.0. The smallest absolute Gasteiger partial charge is 0.306 e. The van der Waals surface area contributed by atoms with Crippen molar-refractivity contribution in [1.29, 1.82) is 0 Å². The Hall–Kier alpha value is -2.25. The van der Waals surface area contributed by atoms with Gasteiger partial charge >= 0.3 is 5.69 Å². The van der Waals surface area contributed by atoms with E-state index in [0.717, 1.165) is 5.56 Å². The number of fused-ring (bicyclic) bond motifs is 1. The molecule has 0 atom stereocenters. The van der Waals surface area contributed by atoms with Gasteiger partial charge in [0.05, 0.1) is 26.6 Å². The van der Waals surface area contributed by atoms with E-state index in [1.54, 1.807) is 12.1 Å². The summed E-state index contributed by atoms with van der Waals surface area (Å²) in [6, 6.07) is 9.42. The second-order valence-corrected chi connectivity index (χ2v) is 6.96. The molecule has 0 bridgehead atoms. The maximum Gasteiger partial charge on any atom is 0.323 e. The zero-order chi connectivity index (χ0) is 15.9. The lowest BCUT2D eigenvalue weighted by Crippen LogP contribution is -2.13. The van der Waals surface area contributed by atoms with Crippen LogP contribution in [0.4, 0.5) is 5.69 Å². The quantitative estimate of drug-likeness (QED) is 0.685. The summed E-state index contributed by atoms with van der Waals surface area (Å²) in [6.07, 6.45) is 0. The molecule has 3 aromatic rings. The minimum atomic E-state index is -3.75. The number of hydrogen-bond donors (Lipinski definition) is 3. The molecule has 0 saturated heterocycles. The fourth-order valence-corrected chi connectivity index (χ4v) is 3.39. The van der Waals surface area contributed by atoms with E-state index in [9.17, 15) is 13.2 Å². The number of nitrogens with one attached hydrogen (secondary N) is 3. The summed E-state index contributed by atoms with van der Waals surface area (Å²) < 4.78 is 27.1. The van der Waals surface area contributed by atoms with E-state index in [1.165, 1.54) is 24.3 Å². The highest BCUT2D eigenvalue weighted by Crippen LogP contribution is 2.28. The molecule has 3 N–H and O–H groups in total. The number of aromatic amines is 2. The van der Waals surface area contributed by atoms with Crippen molar-refractivity contribution in [1.82, 2.24) is 9.97 Å².